The van der Waals surface area contributed by atoms with Crippen LogP contribution in [0.2, 0.25) is 0 Å². The van der Waals surface area contributed by atoms with Crippen LogP contribution in [0, 0.1) is 0 Å². The normalized spacial score (nSPS) is 16.7. The minimum Gasteiger partial charge on any atom is -0.266 e. The first-order valence-corrected chi connectivity index (χ1v) is 6.77. The molecule has 1 aliphatic heterocycles. The van der Waals surface area contributed by atoms with Crippen molar-refractivity contribution in [2.24, 2.45) is 4.99 Å². The highest BCUT2D eigenvalue weighted by atomic mass is 32.2. The van der Waals surface area contributed by atoms with Crippen LogP contribution in [0.15, 0.2) is 70.6 Å². The highest BCUT2D eigenvalue weighted by Crippen LogP contribution is 2.31. The summed E-state index contributed by atoms with van der Waals surface area (Å²) >= 11 is 1.43. The van der Waals surface area contributed by atoms with Crippen LogP contribution in [0.4, 0.5) is 0 Å². The molecule has 2 aromatic rings. The quantitative estimate of drug-likeness (QED) is 0.774. The molecule has 0 aromatic heterocycles. The summed E-state index contributed by atoms with van der Waals surface area (Å²) in [6, 6.07) is 19.6. The van der Waals surface area contributed by atoms with Gasteiger partial charge in [0.15, 0.2) is 0 Å². The summed E-state index contributed by atoms with van der Waals surface area (Å²) in [6.45, 7) is 0. The fourth-order valence-corrected chi connectivity index (χ4v) is 2.73. The van der Waals surface area contributed by atoms with Crippen molar-refractivity contribution < 1.29 is 4.79 Å². The van der Waals surface area contributed by atoms with E-state index in [0.29, 0.717) is 4.91 Å². The highest BCUT2D eigenvalue weighted by Gasteiger charge is 2.22. The molecule has 2 nitrogen and oxygen atoms in total. The van der Waals surface area contributed by atoms with Gasteiger partial charge < -0.3 is 0 Å². The van der Waals surface area contributed by atoms with Gasteiger partial charge in [0.1, 0.15) is 5.04 Å². The van der Waals surface area contributed by atoms with Gasteiger partial charge in [0.25, 0.3) is 5.91 Å². The van der Waals surface area contributed by atoms with Gasteiger partial charge in [0.2, 0.25) is 0 Å². The van der Waals surface area contributed by atoms with Gasteiger partial charge in [-0.05, 0) is 11.6 Å². The van der Waals surface area contributed by atoms with E-state index < -0.39 is 0 Å². The lowest BCUT2D eigenvalue weighted by molar-refractivity contribution is -0.113. The minimum atomic E-state index is -0.160. The van der Waals surface area contributed by atoms with E-state index in [1.807, 2.05) is 66.7 Å². The van der Waals surface area contributed by atoms with Gasteiger partial charge >= 0.3 is 0 Å². The van der Waals surface area contributed by atoms with Crippen molar-refractivity contribution in [1.82, 2.24) is 0 Å². The van der Waals surface area contributed by atoms with Crippen LogP contribution in [-0.2, 0) is 4.79 Å². The number of benzene rings is 2. The number of aliphatic imine (C=N–C) groups is 1. The Bertz CT molecular complexity index is 660. The number of thioether (sulfide) groups is 1. The zero-order chi connectivity index (χ0) is 13.1. The molecular weight excluding hydrogens is 254 g/mol. The summed E-state index contributed by atoms with van der Waals surface area (Å²) in [5, 5.41) is 0.771. The number of hydrogen-bond acceptors (Lipinski definition) is 2. The molecule has 1 aliphatic rings. The second kappa shape index (κ2) is 5.24. The van der Waals surface area contributed by atoms with E-state index in [1.165, 1.54) is 11.8 Å². The number of carbonyl (C=O) groups is 1. The first-order valence-electron chi connectivity index (χ1n) is 5.96. The standard InChI is InChI=1S/C16H11NOS/c18-15-14(11-12-7-3-1-4-8-12)19-16(17-15)13-9-5-2-6-10-13/h1-11H. The molecule has 0 N–H and O–H groups in total. The van der Waals surface area contributed by atoms with E-state index in [-0.39, 0.29) is 5.91 Å². The first-order chi connectivity index (χ1) is 9.33. The molecule has 19 heavy (non-hydrogen) atoms. The van der Waals surface area contributed by atoms with Crippen molar-refractivity contribution in [3.8, 4) is 0 Å². The Morgan fingerprint density at radius 2 is 1.53 bits per heavy atom. The van der Waals surface area contributed by atoms with Crippen molar-refractivity contribution >= 4 is 28.8 Å². The number of hydrogen-bond donors (Lipinski definition) is 0. The molecule has 0 unspecified atom stereocenters. The van der Waals surface area contributed by atoms with Gasteiger partial charge in [-0.2, -0.15) is 0 Å². The Morgan fingerprint density at radius 1 is 0.895 bits per heavy atom. The maximum atomic E-state index is 11.9. The van der Waals surface area contributed by atoms with E-state index in [2.05, 4.69) is 4.99 Å². The molecule has 0 radical (unpaired) electrons. The molecule has 1 heterocycles. The third kappa shape index (κ3) is 2.66. The topological polar surface area (TPSA) is 29.4 Å². The molecule has 1 amide bonds. The van der Waals surface area contributed by atoms with Crippen LogP contribution >= 0.6 is 11.8 Å². The number of rotatable bonds is 2. The van der Waals surface area contributed by atoms with Gasteiger partial charge in [-0.3, -0.25) is 4.79 Å². The Balaban J connectivity index is 1.87. The predicted octanol–water partition coefficient (Wildman–Crippen LogP) is 3.75. The average Bonchev–Trinajstić information content (AvgIpc) is 2.82. The second-order valence-corrected chi connectivity index (χ2v) is 5.14. The molecule has 2 aromatic carbocycles. The third-order valence-corrected chi connectivity index (χ3v) is 3.77. The molecule has 0 saturated heterocycles. The van der Waals surface area contributed by atoms with E-state index in [4.69, 9.17) is 0 Å². The first kappa shape index (κ1) is 11.9. The summed E-state index contributed by atoms with van der Waals surface area (Å²) in [5.74, 6) is -0.160. The zero-order valence-electron chi connectivity index (χ0n) is 10.1. The van der Waals surface area contributed by atoms with E-state index in [1.54, 1.807) is 0 Å². The van der Waals surface area contributed by atoms with Crippen LogP contribution in [-0.4, -0.2) is 11.0 Å². The van der Waals surface area contributed by atoms with Crippen LogP contribution in [0.1, 0.15) is 11.1 Å². The van der Waals surface area contributed by atoms with Crippen molar-refractivity contribution in [2.75, 3.05) is 0 Å². The number of amides is 1. The highest BCUT2D eigenvalue weighted by molar-refractivity contribution is 8.19. The van der Waals surface area contributed by atoms with E-state index in [0.717, 1.165) is 16.2 Å². The van der Waals surface area contributed by atoms with E-state index in [9.17, 15) is 4.79 Å². The zero-order valence-corrected chi connectivity index (χ0v) is 10.9. The molecule has 0 aliphatic carbocycles. The predicted molar refractivity (Wildman–Crippen MR) is 80.0 cm³/mol. The fourth-order valence-electron chi connectivity index (χ4n) is 1.81. The Hall–Kier alpha value is -2.13. The Labute approximate surface area is 115 Å². The summed E-state index contributed by atoms with van der Waals surface area (Å²) < 4.78 is 0. The summed E-state index contributed by atoms with van der Waals surface area (Å²) in [5.41, 5.74) is 2.00. The number of carbonyl (C=O) groups excluding carboxylic acids is 1. The maximum Gasteiger partial charge on any atom is 0.284 e. The smallest absolute Gasteiger partial charge is 0.266 e. The molecule has 0 spiro atoms. The lowest BCUT2D eigenvalue weighted by Gasteiger charge is -1.98. The SMILES string of the molecule is O=C1N=C(c2ccccc2)SC1=Cc1ccccc1. The molecule has 0 saturated carbocycles. The van der Waals surface area contributed by atoms with Crippen molar-refractivity contribution in [3.63, 3.8) is 0 Å². The number of nitrogens with zero attached hydrogens (tertiary/aromatic N) is 1. The Kier molecular flexibility index (Phi) is 3.29. The molecular formula is C16H11NOS. The van der Waals surface area contributed by atoms with Crippen molar-refractivity contribution in [1.29, 1.82) is 0 Å². The van der Waals surface area contributed by atoms with Crippen LogP contribution in [0.3, 0.4) is 0 Å². The van der Waals surface area contributed by atoms with Crippen molar-refractivity contribution in [2.45, 2.75) is 0 Å². The summed E-state index contributed by atoms with van der Waals surface area (Å²) in [7, 11) is 0. The second-order valence-electron chi connectivity index (χ2n) is 4.11. The monoisotopic (exact) mass is 265 g/mol. The lowest BCUT2D eigenvalue weighted by atomic mass is 10.2. The maximum absolute atomic E-state index is 11.9. The minimum absolute atomic E-state index is 0.160. The molecule has 0 bridgehead atoms. The third-order valence-electron chi connectivity index (χ3n) is 2.74. The fraction of sp³-hybridized carbons (Fsp3) is 0. The molecule has 92 valence electrons. The Morgan fingerprint density at radius 3 is 2.21 bits per heavy atom. The summed E-state index contributed by atoms with van der Waals surface area (Å²) in [4.78, 5) is 16.7. The molecule has 3 rings (SSSR count). The average molecular weight is 265 g/mol. The largest absolute Gasteiger partial charge is 0.284 e. The lowest BCUT2D eigenvalue weighted by Crippen LogP contribution is -1.89. The van der Waals surface area contributed by atoms with Gasteiger partial charge in [0.05, 0.1) is 4.91 Å². The van der Waals surface area contributed by atoms with Gasteiger partial charge in [0, 0.05) is 5.56 Å². The van der Waals surface area contributed by atoms with Crippen LogP contribution < -0.4 is 0 Å². The van der Waals surface area contributed by atoms with Gasteiger partial charge in [-0.15, -0.1) is 0 Å². The van der Waals surface area contributed by atoms with E-state index >= 15 is 0 Å². The van der Waals surface area contributed by atoms with Crippen LogP contribution in [0.25, 0.3) is 6.08 Å². The van der Waals surface area contributed by atoms with Gasteiger partial charge in [-0.1, -0.05) is 72.4 Å². The molecule has 3 heteroatoms. The molecule has 0 atom stereocenters. The van der Waals surface area contributed by atoms with Gasteiger partial charge in [-0.25, -0.2) is 4.99 Å². The van der Waals surface area contributed by atoms with Crippen molar-refractivity contribution in [3.05, 3.63) is 76.7 Å². The van der Waals surface area contributed by atoms with Crippen LogP contribution in [0.5, 0.6) is 0 Å². The molecule has 0 fully saturated rings. The summed E-state index contributed by atoms with van der Waals surface area (Å²) in [6.07, 6.45) is 1.88.